The van der Waals surface area contributed by atoms with Crippen molar-refractivity contribution in [3.05, 3.63) is 113 Å². The van der Waals surface area contributed by atoms with Crippen molar-refractivity contribution < 1.29 is 14.3 Å². The summed E-state index contributed by atoms with van der Waals surface area (Å²) < 4.78 is 13.4. The SMILES string of the molecule is COC(=O)c1ccc([C@@H]2Oc3ccccc3C3=C2[C@H](c2ccc(C)cc2)n2ncnc2N3)cc1. The average Bonchev–Trinajstić information content (AvgIpc) is 3.35. The summed E-state index contributed by atoms with van der Waals surface area (Å²) >= 11 is 0. The van der Waals surface area contributed by atoms with Crippen LogP contribution in [0.4, 0.5) is 5.95 Å². The number of aromatic nitrogens is 3. The van der Waals surface area contributed by atoms with Gasteiger partial charge in [0.05, 0.1) is 18.4 Å². The Morgan fingerprint density at radius 1 is 1.00 bits per heavy atom. The molecule has 4 aromatic rings. The van der Waals surface area contributed by atoms with Crippen LogP contribution in [0.5, 0.6) is 5.75 Å². The highest BCUT2D eigenvalue weighted by Gasteiger charge is 2.40. The molecule has 3 aromatic carbocycles. The van der Waals surface area contributed by atoms with Crippen molar-refractivity contribution in [2.24, 2.45) is 0 Å². The molecule has 34 heavy (non-hydrogen) atoms. The molecule has 0 saturated heterocycles. The number of aryl methyl sites for hydroxylation is 1. The lowest BCUT2D eigenvalue weighted by atomic mass is 9.84. The molecule has 1 aromatic heterocycles. The molecule has 6 rings (SSSR count). The van der Waals surface area contributed by atoms with Crippen LogP contribution in [0.15, 0.2) is 84.7 Å². The van der Waals surface area contributed by atoms with E-state index in [1.54, 1.807) is 18.5 Å². The quantitative estimate of drug-likeness (QED) is 0.446. The van der Waals surface area contributed by atoms with Gasteiger partial charge in [0, 0.05) is 11.1 Å². The van der Waals surface area contributed by atoms with E-state index in [0.717, 1.165) is 33.7 Å². The summed E-state index contributed by atoms with van der Waals surface area (Å²) in [7, 11) is 1.38. The number of fused-ring (bicyclic) bond motifs is 3. The van der Waals surface area contributed by atoms with Crippen LogP contribution >= 0.6 is 0 Å². The van der Waals surface area contributed by atoms with E-state index in [9.17, 15) is 4.79 Å². The van der Waals surface area contributed by atoms with Gasteiger partial charge in [0.15, 0.2) is 0 Å². The molecular formula is C27H22N4O3. The summed E-state index contributed by atoms with van der Waals surface area (Å²) in [6, 6.07) is 23.6. The van der Waals surface area contributed by atoms with Gasteiger partial charge in [-0.05, 0) is 42.3 Å². The van der Waals surface area contributed by atoms with E-state index in [0.29, 0.717) is 11.5 Å². The van der Waals surface area contributed by atoms with Gasteiger partial charge in [-0.1, -0.05) is 54.1 Å². The summed E-state index contributed by atoms with van der Waals surface area (Å²) in [6.07, 6.45) is 1.17. The van der Waals surface area contributed by atoms with E-state index < -0.39 is 6.10 Å². The Morgan fingerprint density at radius 3 is 2.50 bits per heavy atom. The van der Waals surface area contributed by atoms with Gasteiger partial charge in [0.2, 0.25) is 5.95 Å². The topological polar surface area (TPSA) is 78.3 Å². The Morgan fingerprint density at radius 2 is 1.74 bits per heavy atom. The fourth-order valence-electron chi connectivity index (χ4n) is 4.67. The second-order valence-corrected chi connectivity index (χ2v) is 8.40. The van der Waals surface area contributed by atoms with Gasteiger partial charge in [-0.3, -0.25) is 0 Å². The molecule has 2 atom stereocenters. The van der Waals surface area contributed by atoms with E-state index in [4.69, 9.17) is 9.47 Å². The molecule has 2 aliphatic heterocycles. The van der Waals surface area contributed by atoms with Crippen molar-refractivity contribution in [1.29, 1.82) is 0 Å². The molecule has 0 unspecified atom stereocenters. The predicted octanol–water partition coefficient (Wildman–Crippen LogP) is 4.93. The number of rotatable bonds is 3. The van der Waals surface area contributed by atoms with Crippen LogP contribution in [0.3, 0.4) is 0 Å². The molecule has 0 amide bonds. The lowest BCUT2D eigenvalue weighted by Crippen LogP contribution is -2.32. The first kappa shape index (κ1) is 20.2. The number of ether oxygens (including phenoxy) is 2. The number of nitrogens with one attached hydrogen (secondary N) is 1. The Balaban J connectivity index is 1.56. The van der Waals surface area contributed by atoms with Gasteiger partial charge in [-0.15, -0.1) is 0 Å². The van der Waals surface area contributed by atoms with Crippen molar-refractivity contribution in [3.63, 3.8) is 0 Å². The maximum absolute atomic E-state index is 12.0. The van der Waals surface area contributed by atoms with Gasteiger partial charge in [-0.2, -0.15) is 10.1 Å². The van der Waals surface area contributed by atoms with E-state index in [2.05, 4.69) is 46.6 Å². The number of benzene rings is 3. The van der Waals surface area contributed by atoms with Gasteiger partial charge in [-0.25, -0.2) is 9.48 Å². The normalized spacial score (nSPS) is 18.2. The minimum atomic E-state index is -0.396. The first-order valence-corrected chi connectivity index (χ1v) is 11.1. The van der Waals surface area contributed by atoms with Crippen LogP contribution in [0.2, 0.25) is 0 Å². The van der Waals surface area contributed by atoms with Gasteiger partial charge in [0.1, 0.15) is 24.2 Å². The number of hydrogen-bond donors (Lipinski definition) is 1. The van der Waals surface area contributed by atoms with Crippen molar-refractivity contribution >= 4 is 17.6 Å². The number of esters is 1. The highest BCUT2D eigenvalue weighted by atomic mass is 16.5. The zero-order chi connectivity index (χ0) is 23.2. The Kier molecular flexibility index (Phi) is 4.69. The van der Waals surface area contributed by atoms with Crippen LogP contribution in [0.25, 0.3) is 5.70 Å². The van der Waals surface area contributed by atoms with Crippen molar-refractivity contribution in [3.8, 4) is 5.75 Å². The molecule has 0 radical (unpaired) electrons. The van der Waals surface area contributed by atoms with Crippen LogP contribution in [0.1, 0.15) is 44.8 Å². The second-order valence-electron chi connectivity index (χ2n) is 8.40. The number of carbonyl (C=O) groups is 1. The number of anilines is 1. The maximum atomic E-state index is 12.0. The first-order valence-electron chi connectivity index (χ1n) is 11.1. The third-order valence-corrected chi connectivity index (χ3v) is 6.35. The second kappa shape index (κ2) is 7.88. The summed E-state index contributed by atoms with van der Waals surface area (Å²) in [4.78, 5) is 16.4. The molecule has 0 aliphatic carbocycles. The van der Waals surface area contributed by atoms with Crippen molar-refractivity contribution in [1.82, 2.24) is 14.8 Å². The van der Waals surface area contributed by atoms with Crippen LogP contribution in [-0.4, -0.2) is 27.8 Å². The van der Waals surface area contributed by atoms with Crippen molar-refractivity contribution in [2.45, 2.75) is 19.1 Å². The van der Waals surface area contributed by atoms with Gasteiger partial charge >= 0.3 is 5.97 Å². The van der Waals surface area contributed by atoms with Crippen molar-refractivity contribution in [2.75, 3.05) is 12.4 Å². The van der Waals surface area contributed by atoms with Gasteiger partial charge < -0.3 is 14.8 Å². The third kappa shape index (κ3) is 3.16. The smallest absolute Gasteiger partial charge is 0.337 e. The number of para-hydroxylation sites is 1. The molecule has 1 N–H and O–H groups in total. The first-order chi connectivity index (χ1) is 16.6. The highest BCUT2D eigenvalue weighted by Crippen LogP contribution is 2.50. The third-order valence-electron chi connectivity index (χ3n) is 6.35. The fraction of sp³-hybridized carbons (Fsp3) is 0.148. The molecule has 7 nitrogen and oxygen atoms in total. The number of nitrogens with zero attached hydrogens (tertiary/aromatic N) is 3. The van der Waals surface area contributed by atoms with Crippen LogP contribution < -0.4 is 10.1 Å². The minimum absolute atomic E-state index is 0.215. The Hall–Kier alpha value is -4.39. The van der Waals surface area contributed by atoms with E-state index in [-0.39, 0.29) is 12.0 Å². The molecule has 2 aliphatic rings. The monoisotopic (exact) mass is 450 g/mol. The number of hydrogen-bond acceptors (Lipinski definition) is 6. The molecular weight excluding hydrogens is 428 g/mol. The van der Waals surface area contributed by atoms with Crippen LogP contribution in [0, 0.1) is 6.92 Å². The molecule has 0 bridgehead atoms. The number of carbonyl (C=O) groups excluding carboxylic acids is 1. The highest BCUT2D eigenvalue weighted by molar-refractivity contribution is 5.89. The zero-order valence-electron chi connectivity index (χ0n) is 18.7. The van der Waals surface area contributed by atoms with E-state index >= 15 is 0 Å². The molecule has 168 valence electrons. The molecule has 0 fully saturated rings. The lowest BCUT2D eigenvalue weighted by Gasteiger charge is -2.39. The Labute approximate surface area is 196 Å². The maximum Gasteiger partial charge on any atom is 0.337 e. The summed E-state index contributed by atoms with van der Waals surface area (Å²) in [6.45, 7) is 2.07. The predicted molar refractivity (Wildman–Crippen MR) is 127 cm³/mol. The fourth-order valence-corrected chi connectivity index (χ4v) is 4.67. The van der Waals surface area contributed by atoms with Gasteiger partial charge in [0.25, 0.3) is 0 Å². The minimum Gasteiger partial charge on any atom is -0.480 e. The summed E-state index contributed by atoms with van der Waals surface area (Å²) in [5.41, 5.74) is 6.67. The zero-order valence-corrected chi connectivity index (χ0v) is 18.7. The Bertz CT molecular complexity index is 1420. The largest absolute Gasteiger partial charge is 0.480 e. The van der Waals surface area contributed by atoms with E-state index in [1.165, 1.54) is 12.7 Å². The van der Waals surface area contributed by atoms with E-state index in [1.807, 2.05) is 41.1 Å². The van der Waals surface area contributed by atoms with Crippen LogP contribution in [-0.2, 0) is 4.74 Å². The standard InChI is InChI=1S/C27H22N4O3/c1-16-7-9-17(10-8-16)24-22-23(30-27-28-15-29-31(24)27)20-5-3-4-6-21(20)34-25(22)18-11-13-19(14-12-18)26(32)33-2/h3-15,24-25H,1-2H3,(H,28,29,30)/t24-,25-/m0/s1. The molecule has 0 spiro atoms. The lowest BCUT2D eigenvalue weighted by molar-refractivity contribution is 0.0600. The summed E-state index contributed by atoms with van der Waals surface area (Å²) in [5.74, 6) is 1.10. The summed E-state index contributed by atoms with van der Waals surface area (Å²) in [5, 5.41) is 8.05. The average molecular weight is 450 g/mol. The molecule has 3 heterocycles. The molecule has 7 heteroatoms. The number of methoxy groups -OCH3 is 1. The molecule has 0 saturated carbocycles.